The van der Waals surface area contributed by atoms with Crippen LogP contribution in [0.1, 0.15) is 59.6 Å². The van der Waals surface area contributed by atoms with Crippen LogP contribution in [0.2, 0.25) is 0 Å². The van der Waals surface area contributed by atoms with Crippen molar-refractivity contribution in [1.82, 2.24) is 0 Å². The second-order valence-corrected chi connectivity index (χ2v) is 7.84. The number of benzene rings is 1. The summed E-state index contributed by atoms with van der Waals surface area (Å²) in [5, 5.41) is 0. The molecule has 0 bridgehead atoms. The molecule has 0 fully saturated rings. The molecule has 1 aromatic carbocycles. The van der Waals surface area contributed by atoms with E-state index in [2.05, 4.69) is 27.7 Å². The standard InChI is InChI=1S/C19H30N2O2/c1-7-10-21-14-11-13(17(20)19(4,5)6)8-9-15(14)23-16(12(2)3)18(21)22/h8-9,11-12,16-17H,7,10,20H2,1-6H3. The molecule has 2 N–H and O–H groups in total. The summed E-state index contributed by atoms with van der Waals surface area (Å²) < 4.78 is 5.97. The van der Waals surface area contributed by atoms with Crippen LogP contribution in [0.15, 0.2) is 18.2 Å². The molecule has 0 saturated heterocycles. The Morgan fingerprint density at radius 2 is 1.96 bits per heavy atom. The summed E-state index contributed by atoms with van der Waals surface area (Å²) in [7, 11) is 0. The van der Waals surface area contributed by atoms with E-state index in [1.807, 2.05) is 36.9 Å². The fraction of sp³-hybridized carbons (Fsp3) is 0.632. The SMILES string of the molecule is CCCN1C(=O)C(C(C)C)Oc2ccc(C(N)C(C)(C)C)cc21. The molecule has 1 aliphatic rings. The zero-order valence-electron chi connectivity index (χ0n) is 15.2. The molecule has 128 valence electrons. The topological polar surface area (TPSA) is 55.6 Å². The molecular weight excluding hydrogens is 288 g/mol. The lowest BCUT2D eigenvalue weighted by Gasteiger charge is -2.37. The van der Waals surface area contributed by atoms with Crippen LogP contribution in [0.5, 0.6) is 5.75 Å². The lowest BCUT2D eigenvalue weighted by Crippen LogP contribution is -2.48. The van der Waals surface area contributed by atoms with Crippen molar-refractivity contribution in [3.8, 4) is 5.75 Å². The van der Waals surface area contributed by atoms with Gasteiger partial charge in [0.15, 0.2) is 6.10 Å². The van der Waals surface area contributed by atoms with Gasteiger partial charge in [0.25, 0.3) is 5.91 Å². The maximum Gasteiger partial charge on any atom is 0.268 e. The number of amides is 1. The van der Waals surface area contributed by atoms with Crippen LogP contribution in [0.3, 0.4) is 0 Å². The van der Waals surface area contributed by atoms with Crippen molar-refractivity contribution in [2.24, 2.45) is 17.1 Å². The van der Waals surface area contributed by atoms with Gasteiger partial charge in [-0.25, -0.2) is 0 Å². The fourth-order valence-corrected chi connectivity index (χ4v) is 2.87. The Kier molecular flexibility index (Phi) is 5.04. The Labute approximate surface area is 140 Å². The average Bonchev–Trinajstić information content (AvgIpc) is 2.47. The van der Waals surface area contributed by atoms with Gasteiger partial charge < -0.3 is 15.4 Å². The maximum atomic E-state index is 12.8. The van der Waals surface area contributed by atoms with E-state index in [0.29, 0.717) is 6.54 Å². The van der Waals surface area contributed by atoms with Crippen molar-refractivity contribution < 1.29 is 9.53 Å². The van der Waals surface area contributed by atoms with Gasteiger partial charge >= 0.3 is 0 Å². The highest BCUT2D eigenvalue weighted by Crippen LogP contribution is 2.40. The van der Waals surface area contributed by atoms with Crippen molar-refractivity contribution in [1.29, 1.82) is 0 Å². The third kappa shape index (κ3) is 3.52. The first-order valence-corrected chi connectivity index (χ1v) is 8.54. The summed E-state index contributed by atoms with van der Waals surface area (Å²) in [6, 6.07) is 5.91. The molecule has 0 aromatic heterocycles. The van der Waals surface area contributed by atoms with E-state index in [4.69, 9.17) is 10.5 Å². The van der Waals surface area contributed by atoms with Crippen LogP contribution in [0.4, 0.5) is 5.69 Å². The molecule has 2 rings (SSSR count). The van der Waals surface area contributed by atoms with Crippen LogP contribution >= 0.6 is 0 Å². The van der Waals surface area contributed by atoms with E-state index < -0.39 is 6.10 Å². The van der Waals surface area contributed by atoms with Gasteiger partial charge in [-0.15, -0.1) is 0 Å². The molecule has 1 aliphatic heterocycles. The predicted molar refractivity (Wildman–Crippen MR) is 94.7 cm³/mol. The Balaban J connectivity index is 2.46. The van der Waals surface area contributed by atoms with Crippen molar-refractivity contribution in [2.75, 3.05) is 11.4 Å². The van der Waals surface area contributed by atoms with Crippen LogP contribution < -0.4 is 15.4 Å². The fourth-order valence-electron chi connectivity index (χ4n) is 2.87. The first-order valence-electron chi connectivity index (χ1n) is 8.54. The quantitative estimate of drug-likeness (QED) is 0.916. The molecule has 0 aliphatic carbocycles. The van der Waals surface area contributed by atoms with Gasteiger partial charge in [0.1, 0.15) is 5.75 Å². The highest BCUT2D eigenvalue weighted by atomic mass is 16.5. The summed E-state index contributed by atoms with van der Waals surface area (Å²) >= 11 is 0. The lowest BCUT2D eigenvalue weighted by atomic mass is 9.83. The summed E-state index contributed by atoms with van der Waals surface area (Å²) in [5.41, 5.74) is 8.24. The Morgan fingerprint density at radius 3 is 2.48 bits per heavy atom. The summed E-state index contributed by atoms with van der Waals surface area (Å²) in [6.45, 7) is 13.2. The summed E-state index contributed by atoms with van der Waals surface area (Å²) in [6.07, 6.45) is 0.502. The highest BCUT2D eigenvalue weighted by Gasteiger charge is 2.36. The molecule has 0 saturated carbocycles. The molecule has 2 atom stereocenters. The Hall–Kier alpha value is -1.55. The van der Waals surface area contributed by atoms with Gasteiger partial charge in [0.05, 0.1) is 5.69 Å². The van der Waals surface area contributed by atoms with E-state index in [1.54, 1.807) is 0 Å². The number of carbonyl (C=O) groups is 1. The van der Waals surface area contributed by atoms with Gasteiger partial charge in [0.2, 0.25) is 0 Å². The van der Waals surface area contributed by atoms with Gasteiger partial charge in [0, 0.05) is 12.6 Å². The van der Waals surface area contributed by atoms with Crippen molar-refractivity contribution >= 4 is 11.6 Å². The molecule has 2 unspecified atom stereocenters. The van der Waals surface area contributed by atoms with Gasteiger partial charge in [-0.2, -0.15) is 0 Å². The monoisotopic (exact) mass is 318 g/mol. The molecule has 1 aromatic rings. The molecule has 1 heterocycles. The minimum Gasteiger partial charge on any atom is -0.478 e. The third-order valence-electron chi connectivity index (χ3n) is 4.38. The van der Waals surface area contributed by atoms with Crippen LogP contribution in [0, 0.1) is 11.3 Å². The van der Waals surface area contributed by atoms with Crippen molar-refractivity contribution in [3.05, 3.63) is 23.8 Å². The lowest BCUT2D eigenvalue weighted by molar-refractivity contribution is -0.128. The third-order valence-corrected chi connectivity index (χ3v) is 4.38. The maximum absolute atomic E-state index is 12.8. The second-order valence-electron chi connectivity index (χ2n) is 7.84. The van der Waals surface area contributed by atoms with E-state index in [-0.39, 0.29) is 23.3 Å². The minimum atomic E-state index is -0.406. The normalized spacial score (nSPS) is 19.6. The largest absolute Gasteiger partial charge is 0.478 e. The zero-order chi connectivity index (χ0) is 17.4. The molecule has 4 heteroatoms. The average molecular weight is 318 g/mol. The number of hydrogen-bond donors (Lipinski definition) is 1. The minimum absolute atomic E-state index is 0.0379. The van der Waals surface area contributed by atoms with Crippen molar-refractivity contribution in [3.63, 3.8) is 0 Å². The van der Waals surface area contributed by atoms with Gasteiger partial charge in [-0.05, 0) is 35.4 Å². The Bertz CT molecular complexity index is 575. The number of anilines is 1. The molecule has 23 heavy (non-hydrogen) atoms. The van der Waals surface area contributed by atoms with E-state index in [0.717, 1.165) is 23.4 Å². The van der Waals surface area contributed by atoms with E-state index >= 15 is 0 Å². The number of nitrogens with zero attached hydrogens (tertiary/aromatic N) is 1. The zero-order valence-corrected chi connectivity index (χ0v) is 15.2. The number of rotatable bonds is 4. The van der Waals surface area contributed by atoms with Crippen LogP contribution in [0.25, 0.3) is 0 Å². The highest BCUT2D eigenvalue weighted by molar-refractivity contribution is 6.00. The smallest absolute Gasteiger partial charge is 0.268 e. The number of fused-ring (bicyclic) bond motifs is 1. The number of ether oxygens (including phenoxy) is 1. The molecule has 1 amide bonds. The number of nitrogens with two attached hydrogens (primary N) is 1. The van der Waals surface area contributed by atoms with E-state index in [1.165, 1.54) is 0 Å². The first-order chi connectivity index (χ1) is 10.7. The summed E-state index contributed by atoms with van der Waals surface area (Å²) in [4.78, 5) is 14.6. The molecule has 4 nitrogen and oxygen atoms in total. The first kappa shape index (κ1) is 17.8. The van der Waals surface area contributed by atoms with Crippen molar-refractivity contribution in [2.45, 2.75) is 60.1 Å². The molecular formula is C19H30N2O2. The Morgan fingerprint density at radius 1 is 1.30 bits per heavy atom. The van der Waals surface area contributed by atoms with Crippen LogP contribution in [-0.4, -0.2) is 18.6 Å². The number of carbonyl (C=O) groups excluding carboxylic acids is 1. The van der Waals surface area contributed by atoms with Gasteiger partial charge in [-0.3, -0.25) is 4.79 Å². The number of hydrogen-bond acceptors (Lipinski definition) is 3. The van der Waals surface area contributed by atoms with Gasteiger partial charge in [-0.1, -0.05) is 47.6 Å². The molecule has 0 spiro atoms. The second kappa shape index (κ2) is 6.52. The van der Waals surface area contributed by atoms with E-state index in [9.17, 15) is 4.79 Å². The summed E-state index contributed by atoms with van der Waals surface area (Å²) in [5.74, 6) is 0.976. The van der Waals surface area contributed by atoms with Crippen LogP contribution in [-0.2, 0) is 4.79 Å². The molecule has 0 radical (unpaired) electrons. The predicted octanol–water partition coefficient (Wildman–Crippen LogP) is 3.89.